The van der Waals surface area contributed by atoms with Crippen molar-refractivity contribution >= 4 is 22.1 Å². The Bertz CT molecular complexity index is 4350. The maximum absolute atomic E-state index is 6.29. The minimum Gasteiger partial charge on any atom is -0.438 e. The molecule has 0 aliphatic rings. The average Bonchev–Trinajstić information content (AvgIpc) is 4.01. The minimum atomic E-state index is 0.622. The maximum atomic E-state index is 6.29. The molecule has 0 saturated heterocycles. The van der Waals surface area contributed by atoms with Crippen LogP contribution < -0.4 is 0 Å². The molecule has 0 radical (unpaired) electrons. The van der Waals surface area contributed by atoms with Gasteiger partial charge in [-0.05, 0) is 133 Å². The van der Waals surface area contributed by atoms with Crippen molar-refractivity contribution in [1.82, 2.24) is 19.9 Å². The van der Waals surface area contributed by atoms with E-state index in [0.29, 0.717) is 5.71 Å². The van der Waals surface area contributed by atoms with Crippen molar-refractivity contribution in [2.75, 3.05) is 0 Å². The Morgan fingerprint density at radius 3 is 1.18 bits per heavy atom. The van der Waals surface area contributed by atoms with Crippen LogP contribution in [0.25, 0.3) is 145 Å². The Kier molecular flexibility index (Phi) is 12.2. The predicted molar refractivity (Wildman–Crippen MR) is 325 cm³/mol. The highest BCUT2D eigenvalue weighted by Gasteiger charge is 2.20. The van der Waals surface area contributed by atoms with E-state index in [1.807, 2.05) is 36.8 Å². The summed E-state index contributed by atoms with van der Waals surface area (Å²) < 4.78 is 6.29. The second-order valence-corrected chi connectivity index (χ2v) is 19.8. The highest BCUT2D eigenvalue weighted by molar-refractivity contribution is 6.05. The van der Waals surface area contributed by atoms with Gasteiger partial charge in [-0.3, -0.25) is 15.0 Å². The molecular formula is C74H48N4O. The maximum Gasteiger partial charge on any atom is 0.227 e. The van der Waals surface area contributed by atoms with Crippen molar-refractivity contribution in [2.45, 2.75) is 0 Å². The predicted octanol–water partition coefficient (Wildman–Crippen LogP) is 19.5. The van der Waals surface area contributed by atoms with Crippen molar-refractivity contribution in [2.24, 2.45) is 0 Å². The van der Waals surface area contributed by atoms with Gasteiger partial charge in [-0.25, -0.2) is 4.98 Å². The van der Waals surface area contributed by atoms with E-state index >= 15 is 0 Å². The molecule has 0 fully saturated rings. The summed E-state index contributed by atoms with van der Waals surface area (Å²) in [5.74, 6) is 0. The summed E-state index contributed by atoms with van der Waals surface area (Å²) in [6, 6.07) is 94.4. The van der Waals surface area contributed by atoms with Gasteiger partial charge in [0.05, 0.1) is 17.1 Å². The summed E-state index contributed by atoms with van der Waals surface area (Å²) in [5, 5.41) is 2.02. The third-order valence-corrected chi connectivity index (χ3v) is 15.0. The third-order valence-electron chi connectivity index (χ3n) is 15.0. The molecular weight excluding hydrogens is 961 g/mol. The van der Waals surface area contributed by atoms with Gasteiger partial charge in [0.1, 0.15) is 5.58 Å². The molecule has 5 nitrogen and oxygen atoms in total. The van der Waals surface area contributed by atoms with E-state index in [0.717, 1.165) is 134 Å². The van der Waals surface area contributed by atoms with Crippen LogP contribution in [0.5, 0.6) is 0 Å². The summed E-state index contributed by atoms with van der Waals surface area (Å²) in [7, 11) is 0. The number of rotatable bonds is 11. The van der Waals surface area contributed by atoms with E-state index in [-0.39, 0.29) is 0 Å². The smallest absolute Gasteiger partial charge is 0.227 e. The van der Waals surface area contributed by atoms with E-state index in [2.05, 4.69) is 254 Å². The molecule has 5 aromatic heterocycles. The third kappa shape index (κ3) is 9.15. The van der Waals surface area contributed by atoms with Crippen molar-refractivity contribution in [3.8, 4) is 123 Å². The molecule has 370 valence electrons. The van der Waals surface area contributed by atoms with E-state index in [1.54, 1.807) is 6.20 Å². The van der Waals surface area contributed by atoms with Gasteiger partial charge in [0.25, 0.3) is 0 Å². The first-order valence-corrected chi connectivity index (χ1v) is 26.6. The first kappa shape index (κ1) is 46.9. The van der Waals surface area contributed by atoms with Crippen LogP contribution >= 0.6 is 0 Å². The average molecular weight is 1010 g/mol. The number of benzene rings is 9. The van der Waals surface area contributed by atoms with E-state index in [1.165, 1.54) is 5.56 Å². The van der Waals surface area contributed by atoms with Crippen LogP contribution in [-0.2, 0) is 0 Å². The first-order chi connectivity index (χ1) is 39.1. The molecule has 14 rings (SSSR count). The largest absolute Gasteiger partial charge is 0.438 e. The Morgan fingerprint density at radius 2 is 0.646 bits per heavy atom. The quantitative estimate of drug-likeness (QED) is 0.129. The van der Waals surface area contributed by atoms with Crippen LogP contribution in [0.1, 0.15) is 0 Å². The highest BCUT2D eigenvalue weighted by atomic mass is 16.3. The van der Waals surface area contributed by atoms with Crippen molar-refractivity contribution in [1.29, 1.82) is 0 Å². The highest BCUT2D eigenvalue weighted by Crippen LogP contribution is 2.45. The summed E-state index contributed by atoms with van der Waals surface area (Å²) in [6.45, 7) is 0. The van der Waals surface area contributed by atoms with Crippen LogP contribution in [0.15, 0.2) is 296 Å². The van der Waals surface area contributed by atoms with Crippen molar-refractivity contribution < 1.29 is 4.42 Å². The van der Waals surface area contributed by atoms with Gasteiger partial charge >= 0.3 is 0 Å². The molecule has 79 heavy (non-hydrogen) atoms. The van der Waals surface area contributed by atoms with Gasteiger partial charge in [-0.1, -0.05) is 206 Å². The number of aromatic nitrogens is 4. The number of furan rings is 1. The molecule has 0 bridgehead atoms. The number of fused-ring (bicyclic) bond motifs is 3. The van der Waals surface area contributed by atoms with Gasteiger partial charge < -0.3 is 4.42 Å². The van der Waals surface area contributed by atoms with Crippen molar-refractivity contribution in [3.05, 3.63) is 292 Å². The lowest BCUT2D eigenvalue weighted by Gasteiger charge is -2.19. The summed E-state index contributed by atoms with van der Waals surface area (Å²) >= 11 is 0. The zero-order chi connectivity index (χ0) is 52.5. The van der Waals surface area contributed by atoms with Gasteiger partial charge in [0.2, 0.25) is 5.71 Å². The Labute approximate surface area is 458 Å². The SMILES string of the molecule is c1ccc(-c2ccc(-c3cc(-c4ccc5c(c4)oc4ncccc45)ncc3-c3ccccc3-c3cc(-c4ccccc4-c4ccc(-c5ccccc5)nc4)cc(-c4ccccc4-c4ccc(-c5ccccc5)nc4)c3)cc2)cc1. The normalized spacial score (nSPS) is 11.3. The Balaban J connectivity index is 0.941. The molecule has 5 heterocycles. The van der Waals surface area contributed by atoms with E-state index < -0.39 is 0 Å². The second-order valence-electron chi connectivity index (χ2n) is 19.8. The summed E-state index contributed by atoms with van der Waals surface area (Å²) in [5.41, 5.74) is 24.6. The lowest BCUT2D eigenvalue weighted by molar-refractivity contribution is 0.654. The van der Waals surface area contributed by atoms with Crippen LogP contribution in [0.4, 0.5) is 0 Å². The molecule has 0 N–H and O–H groups in total. The monoisotopic (exact) mass is 1010 g/mol. The number of hydrogen-bond donors (Lipinski definition) is 0. The molecule has 9 aromatic carbocycles. The first-order valence-electron chi connectivity index (χ1n) is 26.6. The van der Waals surface area contributed by atoms with Gasteiger partial charge in [-0.2, -0.15) is 0 Å². The standard InChI is InChI=1S/C74H48N4O/c1-4-17-49(18-5-1)50-30-32-51(33-31-50)68-45-72(54-34-37-66-67-29-16-40-75-74(67)79-73(66)44-54)78-48-69(68)65-28-15-14-27-64(65)59-42-57(62-25-12-10-23-60(62)55-35-38-70(76-46-55)52-19-6-2-7-20-52)41-58(43-59)63-26-13-11-24-61(63)56-36-39-71(77-47-56)53-21-8-3-9-22-53/h1-48H. The molecule has 0 aliphatic carbocycles. The fraction of sp³-hybridized carbons (Fsp3) is 0. The number of pyridine rings is 4. The zero-order valence-electron chi connectivity index (χ0n) is 42.9. The Morgan fingerprint density at radius 1 is 0.215 bits per heavy atom. The Hall–Kier alpha value is -10.6. The molecule has 0 atom stereocenters. The van der Waals surface area contributed by atoms with Gasteiger partial charge in [0, 0.05) is 68.9 Å². The van der Waals surface area contributed by atoms with Crippen LogP contribution in [-0.4, -0.2) is 19.9 Å². The zero-order valence-corrected chi connectivity index (χ0v) is 42.9. The minimum absolute atomic E-state index is 0.622. The lowest BCUT2D eigenvalue weighted by atomic mass is 9.85. The molecule has 14 aromatic rings. The summed E-state index contributed by atoms with van der Waals surface area (Å²) in [6.07, 6.45) is 7.81. The summed E-state index contributed by atoms with van der Waals surface area (Å²) in [4.78, 5) is 19.8. The number of hydrogen-bond acceptors (Lipinski definition) is 5. The molecule has 5 heteroatoms. The lowest BCUT2D eigenvalue weighted by Crippen LogP contribution is -1.95. The molecule has 0 spiro atoms. The van der Waals surface area contributed by atoms with Crippen LogP contribution in [0, 0.1) is 0 Å². The fourth-order valence-corrected chi connectivity index (χ4v) is 11.0. The topological polar surface area (TPSA) is 64.7 Å². The second kappa shape index (κ2) is 20.5. The molecule has 0 unspecified atom stereocenters. The van der Waals surface area contributed by atoms with E-state index in [9.17, 15) is 0 Å². The van der Waals surface area contributed by atoms with Gasteiger partial charge in [0.15, 0.2) is 0 Å². The van der Waals surface area contributed by atoms with Crippen LogP contribution in [0.3, 0.4) is 0 Å². The van der Waals surface area contributed by atoms with E-state index in [4.69, 9.17) is 19.4 Å². The molecule has 0 saturated carbocycles. The fourth-order valence-electron chi connectivity index (χ4n) is 11.0. The van der Waals surface area contributed by atoms with Crippen molar-refractivity contribution in [3.63, 3.8) is 0 Å². The molecule has 0 amide bonds. The van der Waals surface area contributed by atoms with Gasteiger partial charge in [-0.15, -0.1) is 0 Å². The number of nitrogens with zero attached hydrogens (tertiary/aromatic N) is 4. The molecule has 0 aliphatic heterocycles. The van der Waals surface area contributed by atoms with Crippen LogP contribution in [0.2, 0.25) is 0 Å².